The lowest BCUT2D eigenvalue weighted by Crippen LogP contribution is -2.48. The summed E-state index contributed by atoms with van der Waals surface area (Å²) in [4.78, 5) is 32.5. The molecule has 1 aromatic carbocycles. The van der Waals surface area contributed by atoms with Crippen LogP contribution >= 0.6 is 0 Å². The molecule has 5 rings (SSSR count). The van der Waals surface area contributed by atoms with E-state index in [0.717, 1.165) is 23.9 Å². The fourth-order valence-electron chi connectivity index (χ4n) is 5.42. The molecular formula is C27H33BN2O5. The quantitative estimate of drug-likeness (QED) is 0.477. The normalized spacial score (nSPS) is 26.6. The molecule has 2 bridgehead atoms. The molecule has 3 aliphatic heterocycles. The first-order valence-electron chi connectivity index (χ1n) is 12.5. The van der Waals surface area contributed by atoms with Crippen molar-refractivity contribution >= 4 is 24.5 Å². The first-order chi connectivity index (χ1) is 16.6. The summed E-state index contributed by atoms with van der Waals surface area (Å²) >= 11 is 0. The van der Waals surface area contributed by atoms with Gasteiger partial charge in [0.15, 0.2) is 5.78 Å². The average Bonchev–Trinajstić information content (AvgIpc) is 3.24. The molecule has 0 spiro atoms. The number of ether oxygens (including phenoxy) is 1. The van der Waals surface area contributed by atoms with E-state index >= 15 is 0 Å². The van der Waals surface area contributed by atoms with Gasteiger partial charge >= 0.3 is 13.2 Å². The summed E-state index contributed by atoms with van der Waals surface area (Å²) in [5.41, 5.74) is 1.37. The van der Waals surface area contributed by atoms with Crippen LogP contribution in [0.3, 0.4) is 0 Å². The monoisotopic (exact) mass is 476 g/mol. The summed E-state index contributed by atoms with van der Waals surface area (Å²) in [5, 5.41) is 0. The molecule has 7 nitrogen and oxygen atoms in total. The number of fused-ring (bicyclic) bond motifs is 2. The van der Waals surface area contributed by atoms with Gasteiger partial charge in [-0.25, -0.2) is 4.79 Å². The van der Waals surface area contributed by atoms with Crippen LogP contribution in [0.1, 0.15) is 69.3 Å². The molecule has 4 heterocycles. The lowest BCUT2D eigenvalue weighted by Gasteiger charge is -2.37. The summed E-state index contributed by atoms with van der Waals surface area (Å²) in [6, 6.07) is 11.6. The van der Waals surface area contributed by atoms with Crippen molar-refractivity contribution in [1.82, 2.24) is 9.88 Å². The summed E-state index contributed by atoms with van der Waals surface area (Å²) in [6.45, 7) is 8.27. The molecule has 0 saturated carbocycles. The second-order valence-electron chi connectivity index (χ2n) is 11.0. The zero-order valence-electron chi connectivity index (χ0n) is 20.9. The van der Waals surface area contributed by atoms with Gasteiger partial charge in [0.2, 0.25) is 0 Å². The van der Waals surface area contributed by atoms with Crippen molar-refractivity contribution in [3.63, 3.8) is 0 Å². The first kappa shape index (κ1) is 24.0. The van der Waals surface area contributed by atoms with Crippen LogP contribution in [0.5, 0.6) is 0 Å². The van der Waals surface area contributed by atoms with Gasteiger partial charge in [-0.2, -0.15) is 0 Å². The standard InChI is InChI=1S/C27H33BN2O5/c1-26(2)27(3,4)35-28(34-26)21-12-20(15-29-16-21)24(31)19-13-22-10-11-23(14-19)30(22)25(32)33-17-18-8-6-5-7-9-18/h5-9,12,15-16,19,22-23H,10-11,13-14,17H2,1-4H3. The minimum Gasteiger partial charge on any atom is -0.445 e. The molecule has 35 heavy (non-hydrogen) atoms. The maximum atomic E-state index is 13.5. The molecule has 3 fully saturated rings. The number of nitrogens with zero attached hydrogens (tertiary/aromatic N) is 2. The van der Waals surface area contributed by atoms with Crippen LogP contribution in [-0.2, 0) is 20.7 Å². The number of ketones is 1. The van der Waals surface area contributed by atoms with Gasteiger partial charge in [0, 0.05) is 41.4 Å². The Bertz CT molecular complexity index is 1080. The summed E-state index contributed by atoms with van der Waals surface area (Å²) in [5.74, 6) is -0.0638. The van der Waals surface area contributed by atoms with Crippen LogP contribution in [0.4, 0.5) is 4.79 Å². The van der Waals surface area contributed by atoms with Gasteiger partial charge in [-0.15, -0.1) is 0 Å². The van der Waals surface area contributed by atoms with E-state index in [-0.39, 0.29) is 36.5 Å². The third kappa shape index (κ3) is 4.61. The van der Waals surface area contributed by atoms with E-state index in [0.29, 0.717) is 18.4 Å². The number of aromatic nitrogens is 1. The summed E-state index contributed by atoms with van der Waals surface area (Å²) < 4.78 is 17.9. The number of pyridine rings is 1. The third-order valence-corrected chi connectivity index (χ3v) is 8.09. The molecule has 0 radical (unpaired) electrons. The summed E-state index contributed by atoms with van der Waals surface area (Å²) in [7, 11) is -0.558. The van der Waals surface area contributed by atoms with Gasteiger partial charge in [-0.1, -0.05) is 30.3 Å². The Labute approximate surface area is 207 Å². The number of hydrogen-bond acceptors (Lipinski definition) is 6. The Morgan fingerprint density at radius 2 is 1.66 bits per heavy atom. The maximum absolute atomic E-state index is 13.5. The molecule has 1 amide bonds. The Hall–Kier alpha value is -2.71. The molecule has 3 saturated heterocycles. The highest BCUT2D eigenvalue weighted by atomic mass is 16.7. The third-order valence-electron chi connectivity index (χ3n) is 8.09. The first-order valence-corrected chi connectivity index (χ1v) is 12.5. The van der Waals surface area contributed by atoms with Gasteiger partial charge in [0.05, 0.1) is 11.2 Å². The number of piperidine rings is 1. The second kappa shape index (κ2) is 9.06. The van der Waals surface area contributed by atoms with Crippen LogP contribution in [0.2, 0.25) is 0 Å². The van der Waals surface area contributed by atoms with Crippen LogP contribution in [0.15, 0.2) is 48.8 Å². The van der Waals surface area contributed by atoms with Gasteiger partial charge in [0.25, 0.3) is 0 Å². The smallest absolute Gasteiger partial charge is 0.445 e. The van der Waals surface area contributed by atoms with Crippen molar-refractivity contribution in [2.75, 3.05) is 0 Å². The minimum atomic E-state index is -0.558. The average molecular weight is 476 g/mol. The second-order valence-corrected chi connectivity index (χ2v) is 11.0. The molecular weight excluding hydrogens is 443 g/mol. The highest BCUT2D eigenvalue weighted by Gasteiger charge is 2.52. The number of carbonyl (C=O) groups excluding carboxylic acids is 2. The zero-order valence-corrected chi connectivity index (χ0v) is 20.9. The molecule has 0 N–H and O–H groups in total. The molecule has 2 atom stereocenters. The van der Waals surface area contributed by atoms with E-state index in [1.807, 2.05) is 69.0 Å². The molecule has 1 aromatic heterocycles. The van der Waals surface area contributed by atoms with Crippen LogP contribution < -0.4 is 5.46 Å². The van der Waals surface area contributed by atoms with Crippen molar-refractivity contribution < 1.29 is 23.6 Å². The Kier molecular flexibility index (Phi) is 6.22. The zero-order chi connectivity index (χ0) is 24.8. The number of rotatable bonds is 5. The topological polar surface area (TPSA) is 78.0 Å². The van der Waals surface area contributed by atoms with E-state index in [4.69, 9.17) is 14.0 Å². The lowest BCUT2D eigenvalue weighted by molar-refractivity contribution is 0.00578. The highest BCUT2D eigenvalue weighted by Crippen LogP contribution is 2.40. The van der Waals surface area contributed by atoms with Crippen molar-refractivity contribution in [2.45, 2.75) is 83.3 Å². The lowest BCUT2D eigenvalue weighted by atomic mass is 9.78. The van der Waals surface area contributed by atoms with E-state index in [2.05, 4.69) is 4.98 Å². The largest absolute Gasteiger partial charge is 0.496 e. The predicted octanol–water partition coefficient (Wildman–Crippen LogP) is 4.14. The number of benzene rings is 1. The van der Waals surface area contributed by atoms with Crippen LogP contribution in [0.25, 0.3) is 0 Å². The number of hydrogen-bond donors (Lipinski definition) is 0. The van der Waals surface area contributed by atoms with E-state index in [1.54, 1.807) is 12.4 Å². The van der Waals surface area contributed by atoms with E-state index in [1.165, 1.54) is 0 Å². The van der Waals surface area contributed by atoms with Gasteiger partial charge in [0.1, 0.15) is 6.61 Å². The summed E-state index contributed by atoms with van der Waals surface area (Å²) in [6.07, 6.45) is 6.15. The van der Waals surface area contributed by atoms with Crippen LogP contribution in [-0.4, -0.2) is 52.2 Å². The van der Waals surface area contributed by atoms with Crippen LogP contribution in [0, 0.1) is 5.92 Å². The molecule has 2 aromatic rings. The Balaban J connectivity index is 1.24. The van der Waals surface area contributed by atoms with Crippen molar-refractivity contribution in [2.24, 2.45) is 5.92 Å². The number of amides is 1. The molecule has 184 valence electrons. The molecule has 2 unspecified atom stereocenters. The Morgan fingerprint density at radius 3 is 2.29 bits per heavy atom. The molecule has 3 aliphatic rings. The predicted molar refractivity (Wildman–Crippen MR) is 132 cm³/mol. The van der Waals surface area contributed by atoms with Crippen molar-refractivity contribution in [3.05, 3.63) is 59.9 Å². The minimum absolute atomic E-state index is 0.0326. The van der Waals surface area contributed by atoms with Crippen molar-refractivity contribution in [3.8, 4) is 0 Å². The highest BCUT2D eigenvalue weighted by molar-refractivity contribution is 6.62. The molecule has 8 heteroatoms. The fourth-order valence-corrected chi connectivity index (χ4v) is 5.42. The van der Waals surface area contributed by atoms with Gasteiger partial charge < -0.3 is 18.9 Å². The van der Waals surface area contributed by atoms with E-state index in [9.17, 15) is 9.59 Å². The number of Topliss-reactive ketones (excluding diaryl/α,β-unsaturated/α-hetero) is 1. The maximum Gasteiger partial charge on any atom is 0.496 e. The number of carbonyl (C=O) groups is 2. The van der Waals surface area contributed by atoms with E-state index < -0.39 is 18.3 Å². The van der Waals surface area contributed by atoms with Crippen molar-refractivity contribution in [1.29, 1.82) is 0 Å². The SMILES string of the molecule is CC1(C)OB(c2cncc(C(=O)C3CC4CCC(C3)N4C(=O)OCc3ccccc3)c2)OC1(C)C. The molecule has 0 aliphatic carbocycles. The van der Waals surface area contributed by atoms with Gasteiger partial charge in [-0.3, -0.25) is 9.78 Å². The fraction of sp³-hybridized carbons (Fsp3) is 0.519. The van der Waals surface area contributed by atoms with Gasteiger partial charge in [-0.05, 0) is 65.0 Å². The Morgan fingerprint density at radius 1 is 1.03 bits per heavy atom.